The summed E-state index contributed by atoms with van der Waals surface area (Å²) in [7, 11) is 2.26. The predicted molar refractivity (Wildman–Crippen MR) is 82.3 cm³/mol. The third kappa shape index (κ3) is 3.72. The number of piperidine rings is 1. The molecule has 1 unspecified atom stereocenters. The van der Waals surface area contributed by atoms with Gasteiger partial charge in [-0.15, -0.1) is 0 Å². The Morgan fingerprint density at radius 3 is 2.94 bits per heavy atom. The van der Waals surface area contributed by atoms with Gasteiger partial charge >= 0.3 is 0 Å². The van der Waals surface area contributed by atoms with Crippen molar-refractivity contribution in [3.63, 3.8) is 0 Å². The molecule has 1 N–H and O–H groups in total. The molecule has 0 radical (unpaired) electrons. The second-order valence-electron chi connectivity index (χ2n) is 5.31. The highest BCUT2D eigenvalue weighted by Crippen LogP contribution is 2.21. The summed E-state index contributed by atoms with van der Waals surface area (Å²) in [4.78, 5) is 2.51. The predicted octanol–water partition coefficient (Wildman–Crippen LogP) is 4.04. The van der Waals surface area contributed by atoms with E-state index in [0.29, 0.717) is 0 Å². The lowest BCUT2D eigenvalue weighted by Crippen LogP contribution is -2.37. The maximum absolute atomic E-state index is 3.53. The summed E-state index contributed by atoms with van der Waals surface area (Å²) in [5.41, 5.74) is 2.52. The van der Waals surface area contributed by atoms with Crippen LogP contribution in [0, 0.1) is 6.92 Å². The van der Waals surface area contributed by atoms with E-state index in [2.05, 4.69) is 58.3 Å². The van der Waals surface area contributed by atoms with Crippen LogP contribution in [0.25, 0.3) is 0 Å². The Kier molecular flexibility index (Phi) is 5.07. The number of nitrogens with zero attached hydrogens (tertiary/aromatic N) is 1. The summed E-state index contributed by atoms with van der Waals surface area (Å²) in [6.45, 7) is 4.46. The number of benzene rings is 1. The summed E-state index contributed by atoms with van der Waals surface area (Å²) >= 11 is 3.53. The molecule has 0 aromatic heterocycles. The van der Waals surface area contributed by atoms with Crippen LogP contribution < -0.4 is 5.32 Å². The first-order valence-corrected chi connectivity index (χ1v) is 7.66. The van der Waals surface area contributed by atoms with E-state index in [9.17, 15) is 0 Å². The molecular formula is C15H23BrN2. The van der Waals surface area contributed by atoms with Crippen LogP contribution in [-0.4, -0.2) is 31.1 Å². The monoisotopic (exact) mass is 310 g/mol. The topological polar surface area (TPSA) is 15.3 Å². The maximum atomic E-state index is 3.53. The third-order valence-corrected chi connectivity index (χ3v) is 4.78. The molecule has 100 valence electrons. The van der Waals surface area contributed by atoms with E-state index in [1.54, 1.807) is 0 Å². The first-order chi connectivity index (χ1) is 8.66. The molecule has 0 aliphatic carbocycles. The Labute approximate surface area is 119 Å². The van der Waals surface area contributed by atoms with Crippen molar-refractivity contribution >= 4 is 21.6 Å². The zero-order valence-electron chi connectivity index (χ0n) is 11.4. The van der Waals surface area contributed by atoms with Crippen LogP contribution >= 0.6 is 15.9 Å². The van der Waals surface area contributed by atoms with Crippen molar-refractivity contribution < 1.29 is 0 Å². The first-order valence-electron chi connectivity index (χ1n) is 6.87. The Morgan fingerprint density at radius 1 is 1.39 bits per heavy atom. The molecule has 3 heteroatoms. The van der Waals surface area contributed by atoms with Crippen molar-refractivity contribution in [1.29, 1.82) is 0 Å². The van der Waals surface area contributed by atoms with Crippen molar-refractivity contribution in [3.8, 4) is 0 Å². The van der Waals surface area contributed by atoms with Crippen molar-refractivity contribution in [3.05, 3.63) is 28.2 Å². The minimum atomic E-state index is 0.766. The van der Waals surface area contributed by atoms with Gasteiger partial charge in [-0.3, -0.25) is 0 Å². The standard InChI is InChI=1S/C15H23BrN2/c1-12-11-13(6-7-15(12)16)17-9-8-14-5-3-4-10-18(14)2/h6-7,11,14,17H,3-5,8-10H2,1-2H3. The molecule has 0 amide bonds. The number of nitrogens with one attached hydrogen (secondary N) is 1. The normalized spacial score (nSPS) is 20.9. The number of anilines is 1. The molecule has 2 nitrogen and oxygen atoms in total. The molecule has 1 aromatic rings. The lowest BCUT2D eigenvalue weighted by atomic mass is 10.0. The van der Waals surface area contributed by atoms with Gasteiger partial charge in [0.2, 0.25) is 0 Å². The van der Waals surface area contributed by atoms with E-state index in [-0.39, 0.29) is 0 Å². The average Bonchev–Trinajstić information content (AvgIpc) is 2.36. The molecule has 2 rings (SSSR count). The summed E-state index contributed by atoms with van der Waals surface area (Å²) < 4.78 is 1.18. The van der Waals surface area contributed by atoms with Gasteiger partial charge in [0.05, 0.1) is 0 Å². The van der Waals surface area contributed by atoms with Crippen LogP contribution in [-0.2, 0) is 0 Å². The first kappa shape index (κ1) is 13.9. The summed E-state index contributed by atoms with van der Waals surface area (Å²) in [6, 6.07) is 7.23. The number of hydrogen-bond donors (Lipinski definition) is 1. The molecule has 1 fully saturated rings. The molecule has 18 heavy (non-hydrogen) atoms. The van der Waals surface area contributed by atoms with Crippen molar-refractivity contribution in [2.75, 3.05) is 25.5 Å². The number of rotatable bonds is 4. The molecule has 1 atom stereocenters. The van der Waals surface area contributed by atoms with Crippen LogP contribution in [0.3, 0.4) is 0 Å². The Balaban J connectivity index is 1.79. The highest BCUT2D eigenvalue weighted by molar-refractivity contribution is 9.10. The van der Waals surface area contributed by atoms with Crippen LogP contribution in [0.5, 0.6) is 0 Å². The summed E-state index contributed by atoms with van der Waals surface area (Å²) in [5, 5.41) is 3.53. The van der Waals surface area contributed by atoms with Gasteiger partial charge in [0, 0.05) is 22.7 Å². The van der Waals surface area contributed by atoms with E-state index >= 15 is 0 Å². The van der Waals surface area contributed by atoms with E-state index < -0.39 is 0 Å². The van der Waals surface area contributed by atoms with Crippen LogP contribution in [0.15, 0.2) is 22.7 Å². The van der Waals surface area contributed by atoms with E-state index in [4.69, 9.17) is 0 Å². The van der Waals surface area contributed by atoms with Gasteiger partial charge < -0.3 is 10.2 Å². The SMILES string of the molecule is Cc1cc(NCCC2CCCCN2C)ccc1Br. The van der Waals surface area contributed by atoms with Gasteiger partial charge in [-0.05, 0) is 63.5 Å². The fourth-order valence-corrected chi connectivity index (χ4v) is 2.89. The van der Waals surface area contributed by atoms with Gasteiger partial charge in [0.15, 0.2) is 0 Å². The molecule has 0 saturated carbocycles. The highest BCUT2D eigenvalue weighted by atomic mass is 79.9. The number of halogens is 1. The van der Waals surface area contributed by atoms with Crippen LogP contribution in [0.4, 0.5) is 5.69 Å². The molecule has 0 bridgehead atoms. The summed E-state index contributed by atoms with van der Waals surface area (Å²) in [6.07, 6.45) is 5.36. The van der Waals surface area contributed by atoms with Gasteiger partial charge in [0.25, 0.3) is 0 Å². The van der Waals surface area contributed by atoms with E-state index in [0.717, 1.165) is 12.6 Å². The second-order valence-corrected chi connectivity index (χ2v) is 6.16. The lowest BCUT2D eigenvalue weighted by molar-refractivity contribution is 0.179. The number of likely N-dealkylation sites (tertiary alicyclic amines) is 1. The van der Waals surface area contributed by atoms with E-state index in [1.165, 1.54) is 48.0 Å². The molecule has 1 aliphatic rings. The molecule has 1 saturated heterocycles. The largest absolute Gasteiger partial charge is 0.385 e. The Bertz CT molecular complexity index is 392. The number of aryl methyl sites for hydroxylation is 1. The smallest absolute Gasteiger partial charge is 0.0343 e. The zero-order valence-corrected chi connectivity index (χ0v) is 13.0. The van der Waals surface area contributed by atoms with Gasteiger partial charge in [-0.2, -0.15) is 0 Å². The Hall–Kier alpha value is -0.540. The lowest BCUT2D eigenvalue weighted by Gasteiger charge is -2.32. The molecule has 1 aliphatic heterocycles. The maximum Gasteiger partial charge on any atom is 0.0343 e. The molecule has 1 aromatic carbocycles. The fourth-order valence-electron chi connectivity index (χ4n) is 2.65. The second kappa shape index (κ2) is 6.58. The quantitative estimate of drug-likeness (QED) is 0.902. The third-order valence-electron chi connectivity index (χ3n) is 3.89. The zero-order chi connectivity index (χ0) is 13.0. The molecular weight excluding hydrogens is 288 g/mol. The minimum Gasteiger partial charge on any atom is -0.385 e. The summed E-state index contributed by atoms with van der Waals surface area (Å²) in [5.74, 6) is 0. The van der Waals surface area contributed by atoms with Gasteiger partial charge in [-0.25, -0.2) is 0 Å². The van der Waals surface area contributed by atoms with Crippen LogP contribution in [0.2, 0.25) is 0 Å². The minimum absolute atomic E-state index is 0.766. The van der Waals surface area contributed by atoms with Crippen LogP contribution in [0.1, 0.15) is 31.2 Å². The van der Waals surface area contributed by atoms with Crippen molar-refractivity contribution in [2.45, 2.75) is 38.6 Å². The van der Waals surface area contributed by atoms with E-state index in [1.807, 2.05) is 0 Å². The molecule has 1 heterocycles. The van der Waals surface area contributed by atoms with Crippen molar-refractivity contribution in [2.24, 2.45) is 0 Å². The highest BCUT2D eigenvalue weighted by Gasteiger charge is 2.17. The Morgan fingerprint density at radius 2 is 2.22 bits per heavy atom. The van der Waals surface area contributed by atoms with Crippen molar-refractivity contribution in [1.82, 2.24) is 4.90 Å². The van der Waals surface area contributed by atoms with Gasteiger partial charge in [-0.1, -0.05) is 22.4 Å². The average molecular weight is 311 g/mol. The molecule has 0 spiro atoms. The van der Waals surface area contributed by atoms with Gasteiger partial charge in [0.1, 0.15) is 0 Å². The number of hydrogen-bond acceptors (Lipinski definition) is 2. The fraction of sp³-hybridized carbons (Fsp3) is 0.600.